The molecule has 1 saturated heterocycles. The highest BCUT2D eigenvalue weighted by atomic mass is 16.5. The van der Waals surface area contributed by atoms with Crippen molar-refractivity contribution in [1.82, 2.24) is 14.1 Å². The molecule has 1 atom stereocenters. The minimum Gasteiger partial charge on any atom is -0.497 e. The number of hydrogen-bond acceptors (Lipinski definition) is 6. The number of anilines is 2. The summed E-state index contributed by atoms with van der Waals surface area (Å²) in [5.41, 5.74) is 0.691. The summed E-state index contributed by atoms with van der Waals surface area (Å²) in [6, 6.07) is 7.04. The number of hydrogen-bond donors (Lipinski definition) is 1. The molecule has 0 radical (unpaired) electrons. The Kier molecular flexibility index (Phi) is 5.29. The fourth-order valence-electron chi connectivity index (χ4n) is 3.90. The lowest BCUT2D eigenvalue weighted by atomic mass is 10.1. The summed E-state index contributed by atoms with van der Waals surface area (Å²) in [6.07, 6.45) is 1.55. The number of amides is 2. The standard InChI is InChI=1S/C22H23N5O5/c1-12-10-23-19-17(21(30)26(3)22(31)25(19)2)18(12)24-20(29)13-9-16(28)27(11-13)14-5-7-15(32-4)8-6-14/h5-8,10,13H,9,11H2,1-4H3,(H,23,24,29). The minimum absolute atomic E-state index is 0.0520. The number of aryl methyl sites for hydroxylation is 2. The highest BCUT2D eigenvalue weighted by molar-refractivity contribution is 6.06. The molecule has 0 bridgehead atoms. The van der Waals surface area contributed by atoms with Crippen LogP contribution in [-0.2, 0) is 23.7 Å². The number of methoxy groups -OCH3 is 1. The van der Waals surface area contributed by atoms with Gasteiger partial charge in [0.05, 0.1) is 18.7 Å². The molecule has 2 amide bonds. The van der Waals surface area contributed by atoms with Crippen molar-refractivity contribution in [1.29, 1.82) is 0 Å². The second-order valence-electron chi connectivity index (χ2n) is 7.81. The number of pyridine rings is 1. The Morgan fingerprint density at radius 1 is 1.12 bits per heavy atom. The fourth-order valence-corrected chi connectivity index (χ4v) is 3.90. The van der Waals surface area contributed by atoms with Gasteiger partial charge in [0, 0.05) is 38.9 Å². The zero-order valence-corrected chi connectivity index (χ0v) is 18.2. The highest BCUT2D eigenvalue weighted by Crippen LogP contribution is 2.29. The van der Waals surface area contributed by atoms with Crippen molar-refractivity contribution in [2.24, 2.45) is 20.0 Å². The number of ether oxygens (including phenoxy) is 1. The summed E-state index contributed by atoms with van der Waals surface area (Å²) >= 11 is 0. The van der Waals surface area contributed by atoms with Gasteiger partial charge in [-0.25, -0.2) is 9.78 Å². The number of benzene rings is 1. The number of carbonyl (C=O) groups excluding carboxylic acids is 2. The van der Waals surface area contributed by atoms with Crippen molar-refractivity contribution in [2.45, 2.75) is 13.3 Å². The van der Waals surface area contributed by atoms with E-state index in [0.29, 0.717) is 22.7 Å². The van der Waals surface area contributed by atoms with Crippen molar-refractivity contribution >= 4 is 34.2 Å². The Labute approximate surface area is 183 Å². The zero-order valence-electron chi connectivity index (χ0n) is 18.2. The molecular formula is C22H23N5O5. The predicted octanol–water partition coefficient (Wildman–Crippen LogP) is 0.941. The van der Waals surface area contributed by atoms with Crippen molar-refractivity contribution in [3.8, 4) is 5.75 Å². The Hall–Kier alpha value is -3.95. The molecule has 1 aliphatic rings. The Morgan fingerprint density at radius 3 is 2.47 bits per heavy atom. The van der Waals surface area contributed by atoms with Crippen LogP contribution in [0.3, 0.4) is 0 Å². The summed E-state index contributed by atoms with van der Waals surface area (Å²) in [4.78, 5) is 56.4. The zero-order chi connectivity index (χ0) is 23.2. The number of rotatable bonds is 4. The van der Waals surface area contributed by atoms with E-state index in [1.807, 2.05) is 0 Å². The van der Waals surface area contributed by atoms with Gasteiger partial charge in [0.15, 0.2) is 5.65 Å². The number of nitrogens with one attached hydrogen (secondary N) is 1. The average Bonchev–Trinajstić information content (AvgIpc) is 3.19. The van der Waals surface area contributed by atoms with Gasteiger partial charge in [-0.05, 0) is 36.8 Å². The monoisotopic (exact) mass is 437 g/mol. The maximum Gasteiger partial charge on any atom is 0.332 e. The van der Waals surface area contributed by atoms with Crippen LogP contribution in [0.1, 0.15) is 12.0 Å². The van der Waals surface area contributed by atoms with E-state index in [9.17, 15) is 19.2 Å². The van der Waals surface area contributed by atoms with Crippen molar-refractivity contribution in [3.05, 3.63) is 56.9 Å². The second kappa shape index (κ2) is 7.95. The number of fused-ring (bicyclic) bond motifs is 1. The van der Waals surface area contributed by atoms with E-state index in [-0.39, 0.29) is 35.8 Å². The SMILES string of the molecule is COc1ccc(N2CC(C(=O)Nc3c(C)cnc4c3c(=O)n(C)c(=O)n4C)CC2=O)cc1. The number of aromatic nitrogens is 3. The second-order valence-corrected chi connectivity index (χ2v) is 7.81. The normalized spacial score (nSPS) is 15.9. The molecule has 166 valence electrons. The van der Waals surface area contributed by atoms with Gasteiger partial charge in [-0.2, -0.15) is 0 Å². The first-order valence-corrected chi connectivity index (χ1v) is 10.0. The summed E-state index contributed by atoms with van der Waals surface area (Å²) in [6.45, 7) is 1.94. The summed E-state index contributed by atoms with van der Waals surface area (Å²) in [5.74, 6) is -0.458. The minimum atomic E-state index is -0.594. The van der Waals surface area contributed by atoms with Crippen LogP contribution in [0.4, 0.5) is 11.4 Å². The van der Waals surface area contributed by atoms with E-state index in [1.165, 1.54) is 24.9 Å². The average molecular weight is 437 g/mol. The lowest BCUT2D eigenvalue weighted by Crippen LogP contribution is -2.38. The molecule has 1 fully saturated rings. The van der Waals surface area contributed by atoms with E-state index in [4.69, 9.17) is 4.74 Å². The van der Waals surface area contributed by atoms with Gasteiger partial charge in [0.1, 0.15) is 11.1 Å². The van der Waals surface area contributed by atoms with Gasteiger partial charge in [-0.1, -0.05) is 0 Å². The van der Waals surface area contributed by atoms with Gasteiger partial charge in [0.25, 0.3) is 5.56 Å². The molecule has 1 aromatic carbocycles. The van der Waals surface area contributed by atoms with Crippen LogP contribution in [0.25, 0.3) is 11.0 Å². The molecule has 2 aromatic heterocycles. The molecule has 1 aliphatic heterocycles. The summed E-state index contributed by atoms with van der Waals surface area (Å²) in [7, 11) is 4.45. The lowest BCUT2D eigenvalue weighted by Gasteiger charge is -2.18. The van der Waals surface area contributed by atoms with Crippen LogP contribution >= 0.6 is 0 Å². The first-order chi connectivity index (χ1) is 15.2. The smallest absolute Gasteiger partial charge is 0.332 e. The first-order valence-electron chi connectivity index (χ1n) is 10.0. The molecule has 0 saturated carbocycles. The molecule has 3 heterocycles. The summed E-state index contributed by atoms with van der Waals surface area (Å²) in [5, 5.41) is 2.97. The van der Waals surface area contributed by atoms with E-state index in [2.05, 4.69) is 10.3 Å². The molecule has 3 aromatic rings. The van der Waals surface area contributed by atoms with Gasteiger partial charge in [-0.15, -0.1) is 0 Å². The van der Waals surface area contributed by atoms with Gasteiger partial charge in [0.2, 0.25) is 11.8 Å². The van der Waals surface area contributed by atoms with Gasteiger partial charge >= 0.3 is 5.69 Å². The molecule has 0 spiro atoms. The van der Waals surface area contributed by atoms with Crippen molar-refractivity contribution in [2.75, 3.05) is 23.9 Å². The van der Waals surface area contributed by atoms with E-state index in [0.717, 1.165) is 4.57 Å². The fraction of sp³-hybridized carbons (Fsp3) is 0.318. The van der Waals surface area contributed by atoms with Gasteiger partial charge in [-0.3, -0.25) is 23.5 Å². The molecule has 4 rings (SSSR count). The Bertz CT molecular complexity index is 1360. The third kappa shape index (κ3) is 3.43. The number of nitrogens with zero attached hydrogens (tertiary/aromatic N) is 4. The van der Waals surface area contributed by atoms with Crippen LogP contribution in [0.2, 0.25) is 0 Å². The van der Waals surface area contributed by atoms with Crippen LogP contribution in [0.15, 0.2) is 40.1 Å². The molecule has 0 aliphatic carbocycles. The van der Waals surface area contributed by atoms with Crippen LogP contribution in [0, 0.1) is 12.8 Å². The molecule has 1 N–H and O–H groups in total. The highest BCUT2D eigenvalue weighted by Gasteiger charge is 2.35. The molecule has 1 unspecified atom stereocenters. The van der Waals surface area contributed by atoms with Crippen LogP contribution < -0.4 is 26.2 Å². The maximum absolute atomic E-state index is 13.1. The van der Waals surface area contributed by atoms with E-state index in [1.54, 1.807) is 43.2 Å². The predicted molar refractivity (Wildman–Crippen MR) is 119 cm³/mol. The quantitative estimate of drug-likeness (QED) is 0.650. The molecule has 32 heavy (non-hydrogen) atoms. The third-order valence-electron chi connectivity index (χ3n) is 5.79. The summed E-state index contributed by atoms with van der Waals surface area (Å²) < 4.78 is 7.38. The first kappa shape index (κ1) is 21.3. The molecule has 10 nitrogen and oxygen atoms in total. The van der Waals surface area contributed by atoms with Crippen molar-refractivity contribution < 1.29 is 14.3 Å². The molecular weight excluding hydrogens is 414 g/mol. The third-order valence-corrected chi connectivity index (χ3v) is 5.79. The van der Waals surface area contributed by atoms with Crippen molar-refractivity contribution in [3.63, 3.8) is 0 Å². The Balaban J connectivity index is 1.65. The Morgan fingerprint density at radius 2 is 1.81 bits per heavy atom. The van der Waals surface area contributed by atoms with E-state index < -0.39 is 17.2 Å². The van der Waals surface area contributed by atoms with Gasteiger partial charge < -0.3 is 15.0 Å². The van der Waals surface area contributed by atoms with Crippen LogP contribution in [0.5, 0.6) is 5.75 Å². The lowest BCUT2D eigenvalue weighted by molar-refractivity contribution is -0.122. The largest absolute Gasteiger partial charge is 0.497 e. The topological polar surface area (TPSA) is 116 Å². The van der Waals surface area contributed by atoms with Crippen LogP contribution in [-0.4, -0.2) is 39.6 Å². The molecule has 10 heteroatoms. The number of carbonyl (C=O) groups is 2. The van der Waals surface area contributed by atoms with E-state index >= 15 is 0 Å². The maximum atomic E-state index is 13.1.